The van der Waals surface area contributed by atoms with Crippen LogP contribution in [0.4, 0.5) is 15.8 Å². The van der Waals surface area contributed by atoms with Gasteiger partial charge < -0.3 is 10.2 Å². The first-order chi connectivity index (χ1) is 15.1. The van der Waals surface area contributed by atoms with E-state index < -0.39 is 11.9 Å². The number of halogens is 1. The van der Waals surface area contributed by atoms with Crippen LogP contribution in [-0.2, 0) is 9.59 Å². The summed E-state index contributed by atoms with van der Waals surface area (Å²) in [4.78, 5) is 30.6. The van der Waals surface area contributed by atoms with Crippen molar-refractivity contribution >= 4 is 23.2 Å². The topological polar surface area (TPSA) is 52.7 Å². The maximum atomic E-state index is 14.1. The van der Waals surface area contributed by atoms with Crippen molar-refractivity contribution in [2.45, 2.75) is 63.1 Å². The van der Waals surface area contributed by atoms with Crippen molar-refractivity contribution in [3.8, 4) is 0 Å². The number of nitrogens with zero attached hydrogens (tertiary/aromatic N) is 2. The first kappa shape index (κ1) is 20.2. The molecule has 2 aliphatic carbocycles. The lowest BCUT2D eigenvalue weighted by molar-refractivity contribution is -0.124. The molecule has 0 saturated heterocycles. The van der Waals surface area contributed by atoms with Crippen LogP contribution in [0.5, 0.6) is 0 Å². The molecule has 162 valence electrons. The lowest BCUT2D eigenvalue weighted by atomic mass is 9.94. The average molecular weight is 422 g/mol. The van der Waals surface area contributed by atoms with Crippen molar-refractivity contribution in [3.05, 3.63) is 59.9 Å². The van der Waals surface area contributed by atoms with E-state index in [-0.39, 0.29) is 24.4 Å². The first-order valence-electron chi connectivity index (χ1n) is 11.4. The Morgan fingerprint density at radius 3 is 2.55 bits per heavy atom. The molecule has 6 heteroatoms. The Morgan fingerprint density at radius 1 is 1.03 bits per heavy atom. The summed E-state index contributed by atoms with van der Waals surface area (Å²) in [6.07, 6.45) is 7.50. The van der Waals surface area contributed by atoms with Crippen molar-refractivity contribution in [2.24, 2.45) is 0 Å². The third kappa shape index (κ3) is 3.97. The van der Waals surface area contributed by atoms with E-state index in [1.54, 1.807) is 12.1 Å². The molecule has 2 amide bonds. The molecule has 0 spiro atoms. The average Bonchev–Trinajstić information content (AvgIpc) is 3.57. The number of nitrogens with one attached hydrogen (secondary N) is 1. The van der Waals surface area contributed by atoms with Gasteiger partial charge >= 0.3 is 0 Å². The monoisotopic (exact) mass is 421 g/mol. The fourth-order valence-electron chi connectivity index (χ4n) is 4.95. The lowest BCUT2D eigenvalue weighted by Gasteiger charge is -2.33. The molecule has 1 aliphatic heterocycles. The number of para-hydroxylation sites is 1. The number of benzene rings is 2. The lowest BCUT2D eigenvalue weighted by Crippen LogP contribution is -2.47. The van der Waals surface area contributed by atoms with Crippen LogP contribution in [0.1, 0.15) is 56.6 Å². The largest absolute Gasteiger partial charge is 0.307 e. The Hall–Kier alpha value is -2.73. The highest BCUT2D eigenvalue weighted by molar-refractivity contribution is 6.12. The molecule has 2 aromatic carbocycles. The summed E-state index contributed by atoms with van der Waals surface area (Å²) in [5.74, 6) is -0.721. The van der Waals surface area contributed by atoms with Gasteiger partial charge in [-0.25, -0.2) is 4.39 Å². The maximum Gasteiger partial charge on any atom is 0.255 e. The number of hydrogen-bond donors (Lipinski definition) is 1. The number of carbonyl (C=O) groups is 2. The molecular weight excluding hydrogens is 393 g/mol. The number of hydrogen-bond acceptors (Lipinski definition) is 3. The van der Waals surface area contributed by atoms with Crippen LogP contribution in [0.3, 0.4) is 0 Å². The van der Waals surface area contributed by atoms with Gasteiger partial charge in [-0.15, -0.1) is 0 Å². The zero-order valence-corrected chi connectivity index (χ0v) is 17.6. The van der Waals surface area contributed by atoms with Crippen LogP contribution in [-0.4, -0.2) is 30.4 Å². The fourth-order valence-corrected chi connectivity index (χ4v) is 4.95. The number of anilines is 2. The Labute approximate surface area is 182 Å². The Kier molecular flexibility index (Phi) is 5.48. The Morgan fingerprint density at radius 2 is 1.81 bits per heavy atom. The standard InChI is InChI=1S/C25H28FN3O2/c26-17-7-6-10-20(15-17)29(23(30)16-27-18-13-14-18)24-21-11-4-5-12-22(21)28(25(24)31)19-8-2-1-3-9-19/h4-7,10-12,15,18-19,24,27H,1-3,8-9,13-14,16H2. The highest BCUT2D eigenvalue weighted by atomic mass is 19.1. The summed E-state index contributed by atoms with van der Waals surface area (Å²) in [6, 6.07) is 13.5. The SMILES string of the molecule is O=C1C(N(C(=O)CNC2CC2)c2cccc(F)c2)c2ccccc2N1C1CCCCC1. The van der Waals surface area contributed by atoms with Crippen molar-refractivity contribution in [2.75, 3.05) is 16.3 Å². The molecule has 3 aliphatic rings. The molecule has 31 heavy (non-hydrogen) atoms. The number of carbonyl (C=O) groups excluding carboxylic acids is 2. The predicted molar refractivity (Wildman–Crippen MR) is 118 cm³/mol. The molecule has 5 nitrogen and oxygen atoms in total. The third-order valence-corrected chi connectivity index (χ3v) is 6.63. The van der Waals surface area contributed by atoms with Crippen LogP contribution >= 0.6 is 0 Å². The van der Waals surface area contributed by atoms with Gasteiger partial charge in [-0.2, -0.15) is 0 Å². The van der Waals surface area contributed by atoms with Gasteiger partial charge in [-0.05, 0) is 49.9 Å². The van der Waals surface area contributed by atoms with Crippen LogP contribution in [0.15, 0.2) is 48.5 Å². The van der Waals surface area contributed by atoms with Crippen molar-refractivity contribution in [1.29, 1.82) is 0 Å². The summed E-state index contributed by atoms with van der Waals surface area (Å²) >= 11 is 0. The molecule has 0 radical (unpaired) electrons. The van der Waals surface area contributed by atoms with E-state index in [0.717, 1.165) is 49.8 Å². The molecule has 1 heterocycles. The second-order valence-electron chi connectivity index (χ2n) is 8.86. The van der Waals surface area contributed by atoms with Gasteiger partial charge in [-0.1, -0.05) is 43.5 Å². The molecule has 1 atom stereocenters. The second kappa shape index (κ2) is 8.42. The minimum atomic E-state index is -0.770. The van der Waals surface area contributed by atoms with E-state index in [9.17, 15) is 14.0 Å². The van der Waals surface area contributed by atoms with Gasteiger partial charge in [-0.3, -0.25) is 14.5 Å². The van der Waals surface area contributed by atoms with Gasteiger partial charge in [0.05, 0.1) is 6.54 Å². The zero-order chi connectivity index (χ0) is 21.4. The van der Waals surface area contributed by atoms with E-state index in [2.05, 4.69) is 5.32 Å². The summed E-state index contributed by atoms with van der Waals surface area (Å²) < 4.78 is 14.1. The molecule has 5 rings (SSSR count). The molecule has 2 fully saturated rings. The summed E-state index contributed by atoms with van der Waals surface area (Å²) in [5.41, 5.74) is 2.12. The van der Waals surface area contributed by atoms with Crippen LogP contribution in [0.25, 0.3) is 0 Å². The van der Waals surface area contributed by atoms with Gasteiger partial charge in [0.1, 0.15) is 11.9 Å². The number of rotatable bonds is 6. The second-order valence-corrected chi connectivity index (χ2v) is 8.86. The van der Waals surface area contributed by atoms with Gasteiger partial charge in [0.2, 0.25) is 5.91 Å². The molecule has 2 aromatic rings. The minimum Gasteiger partial charge on any atom is -0.307 e. The van der Waals surface area contributed by atoms with E-state index in [1.165, 1.54) is 23.5 Å². The molecule has 0 aromatic heterocycles. The van der Waals surface area contributed by atoms with E-state index in [0.29, 0.717) is 11.7 Å². The van der Waals surface area contributed by atoms with Crippen LogP contribution < -0.4 is 15.1 Å². The fraction of sp³-hybridized carbons (Fsp3) is 0.440. The molecule has 1 unspecified atom stereocenters. The molecule has 2 saturated carbocycles. The first-order valence-corrected chi connectivity index (χ1v) is 11.4. The Bertz CT molecular complexity index is 984. The van der Waals surface area contributed by atoms with Gasteiger partial charge in [0, 0.05) is 29.0 Å². The van der Waals surface area contributed by atoms with E-state index in [1.807, 2.05) is 29.2 Å². The van der Waals surface area contributed by atoms with Crippen molar-refractivity contribution in [3.63, 3.8) is 0 Å². The van der Waals surface area contributed by atoms with Gasteiger partial charge in [0.15, 0.2) is 0 Å². The minimum absolute atomic E-state index is 0.0860. The third-order valence-electron chi connectivity index (χ3n) is 6.63. The summed E-state index contributed by atoms with van der Waals surface area (Å²) in [7, 11) is 0. The van der Waals surface area contributed by atoms with E-state index >= 15 is 0 Å². The zero-order valence-electron chi connectivity index (χ0n) is 17.6. The molecule has 1 N–H and O–H groups in total. The Balaban J connectivity index is 1.54. The summed E-state index contributed by atoms with van der Waals surface area (Å²) in [6.45, 7) is 0.135. The molecular formula is C25H28FN3O2. The maximum absolute atomic E-state index is 14.1. The van der Waals surface area contributed by atoms with Crippen LogP contribution in [0.2, 0.25) is 0 Å². The normalized spacial score (nSPS) is 21.3. The van der Waals surface area contributed by atoms with Crippen LogP contribution in [0, 0.1) is 5.82 Å². The molecule has 0 bridgehead atoms. The predicted octanol–water partition coefficient (Wildman–Crippen LogP) is 4.33. The highest BCUT2D eigenvalue weighted by Gasteiger charge is 2.45. The number of amides is 2. The quantitative estimate of drug-likeness (QED) is 0.755. The van der Waals surface area contributed by atoms with E-state index in [4.69, 9.17) is 0 Å². The number of fused-ring (bicyclic) bond motifs is 1. The van der Waals surface area contributed by atoms with Gasteiger partial charge in [0.25, 0.3) is 5.91 Å². The van der Waals surface area contributed by atoms with Crippen molar-refractivity contribution in [1.82, 2.24) is 5.32 Å². The smallest absolute Gasteiger partial charge is 0.255 e. The summed E-state index contributed by atoms with van der Waals surface area (Å²) in [5, 5.41) is 3.25. The van der Waals surface area contributed by atoms with Crippen molar-refractivity contribution < 1.29 is 14.0 Å². The highest BCUT2D eigenvalue weighted by Crippen LogP contribution is 2.44.